The Morgan fingerprint density at radius 3 is 2.40 bits per heavy atom. The number of thiocarbonyl (C=S) groups is 1. The quantitative estimate of drug-likeness (QED) is 0.198. The minimum absolute atomic E-state index is 0.178. The summed E-state index contributed by atoms with van der Waals surface area (Å²) < 4.78 is 12.1. The number of amides is 1. The number of carbonyl (C=O) groups excluding carboxylic acids is 1. The van der Waals surface area contributed by atoms with Gasteiger partial charge in [-0.2, -0.15) is 0 Å². The molecule has 0 aliphatic carbocycles. The summed E-state index contributed by atoms with van der Waals surface area (Å²) >= 11 is 19.4. The smallest absolute Gasteiger partial charge is 0.335 e. The van der Waals surface area contributed by atoms with E-state index in [-0.39, 0.29) is 11.5 Å². The second kappa shape index (κ2) is 14.0. The van der Waals surface area contributed by atoms with Gasteiger partial charge in [0.1, 0.15) is 16.7 Å². The zero-order valence-electron chi connectivity index (χ0n) is 22.6. The van der Waals surface area contributed by atoms with Crippen LogP contribution in [0.1, 0.15) is 21.5 Å². The van der Waals surface area contributed by atoms with Crippen molar-refractivity contribution in [3.05, 3.63) is 92.3 Å². The van der Waals surface area contributed by atoms with Crippen molar-refractivity contribution in [2.75, 3.05) is 46.0 Å². The van der Waals surface area contributed by atoms with Crippen molar-refractivity contribution in [3.63, 3.8) is 0 Å². The number of morpholine rings is 1. The molecule has 0 spiro atoms. The van der Waals surface area contributed by atoms with Crippen molar-refractivity contribution < 1.29 is 24.2 Å². The first-order valence-electron chi connectivity index (χ1n) is 13.4. The van der Waals surface area contributed by atoms with Crippen LogP contribution in [0.2, 0.25) is 10.0 Å². The fourth-order valence-electron chi connectivity index (χ4n) is 4.69. The van der Waals surface area contributed by atoms with Crippen LogP contribution >= 0.6 is 47.2 Å². The van der Waals surface area contributed by atoms with Crippen molar-refractivity contribution >= 4 is 69.5 Å². The summed E-state index contributed by atoms with van der Waals surface area (Å²) in [6.45, 7) is 4.83. The molecule has 1 N–H and O–H groups in total. The van der Waals surface area contributed by atoms with E-state index in [1.165, 1.54) is 11.8 Å². The van der Waals surface area contributed by atoms with Crippen LogP contribution in [0.5, 0.6) is 5.75 Å². The third-order valence-electron chi connectivity index (χ3n) is 6.96. The Hall–Kier alpha value is -2.92. The Labute approximate surface area is 264 Å². The molecule has 0 unspecified atom stereocenters. The molecule has 2 aliphatic heterocycles. The molecule has 11 heteroatoms. The maximum Gasteiger partial charge on any atom is 0.335 e. The number of ether oxygens (including phenoxy) is 2. The van der Waals surface area contributed by atoms with Crippen LogP contribution in [-0.2, 0) is 16.0 Å². The van der Waals surface area contributed by atoms with E-state index in [2.05, 4.69) is 4.90 Å². The summed E-state index contributed by atoms with van der Waals surface area (Å²) in [5, 5.41) is 10.2. The Balaban J connectivity index is 1.36. The highest BCUT2D eigenvalue weighted by Gasteiger charge is 2.32. The minimum Gasteiger partial charge on any atom is -0.492 e. The Morgan fingerprint density at radius 2 is 1.71 bits per heavy atom. The first-order valence-corrected chi connectivity index (χ1v) is 15.4. The molecular weight excluding hydrogens is 615 g/mol. The SMILES string of the molecule is O=C(O)c1ccc(CCN2C(=O)/C(=C/c3cc(-c4cc(Cl)cc(Cl)c4)ccc3OCCN3CCOCC3)SC2=S)cc1. The van der Waals surface area contributed by atoms with E-state index in [1.807, 2.05) is 36.4 Å². The monoisotopic (exact) mass is 642 g/mol. The molecule has 2 fully saturated rings. The van der Waals surface area contributed by atoms with Crippen molar-refractivity contribution in [1.29, 1.82) is 0 Å². The number of rotatable bonds is 10. The molecule has 2 heterocycles. The average molecular weight is 644 g/mol. The summed E-state index contributed by atoms with van der Waals surface area (Å²) in [5.74, 6) is -0.498. The summed E-state index contributed by atoms with van der Waals surface area (Å²) in [5.41, 5.74) is 3.62. The first-order chi connectivity index (χ1) is 20.3. The molecule has 3 aromatic rings. The number of nitrogens with zero attached hydrogens (tertiary/aromatic N) is 2. The number of aromatic carboxylic acids is 1. The largest absolute Gasteiger partial charge is 0.492 e. The van der Waals surface area contributed by atoms with Gasteiger partial charge in [-0.25, -0.2) is 4.79 Å². The molecule has 0 bridgehead atoms. The fourth-order valence-corrected chi connectivity index (χ4v) is 6.52. The standard InChI is InChI=1S/C31H28Cl2N2O5S2/c32-25-16-23(17-26(33)19-25)22-5-6-27(40-14-11-34-9-12-39-13-10-34)24(15-22)18-28-29(36)35(31(41)42-28)8-7-20-1-3-21(4-2-20)30(37)38/h1-6,15-19H,7-14H2,(H,37,38)/b28-18-. The lowest BCUT2D eigenvalue weighted by molar-refractivity contribution is -0.122. The number of carbonyl (C=O) groups is 2. The lowest BCUT2D eigenvalue weighted by atomic mass is 10.0. The topological polar surface area (TPSA) is 79.3 Å². The molecule has 0 saturated carbocycles. The number of benzene rings is 3. The van der Waals surface area contributed by atoms with Gasteiger partial charge >= 0.3 is 5.97 Å². The Kier molecular flexibility index (Phi) is 10.2. The Morgan fingerprint density at radius 1 is 1.00 bits per heavy atom. The number of thioether (sulfide) groups is 1. The number of halogens is 2. The van der Waals surface area contributed by atoms with Crippen LogP contribution in [0.3, 0.4) is 0 Å². The van der Waals surface area contributed by atoms with E-state index in [0.717, 1.165) is 55.1 Å². The predicted octanol–water partition coefficient (Wildman–Crippen LogP) is 6.51. The normalized spacial score (nSPS) is 16.8. The maximum atomic E-state index is 13.4. The van der Waals surface area contributed by atoms with Crippen LogP contribution in [0.15, 0.2) is 65.6 Å². The van der Waals surface area contributed by atoms with E-state index in [4.69, 9.17) is 50.0 Å². The first kappa shape index (κ1) is 30.5. The van der Waals surface area contributed by atoms with Gasteiger partial charge in [0.2, 0.25) is 0 Å². The second-order valence-electron chi connectivity index (χ2n) is 9.80. The molecule has 5 rings (SSSR count). The van der Waals surface area contributed by atoms with Gasteiger partial charge < -0.3 is 14.6 Å². The number of hydrogen-bond acceptors (Lipinski definition) is 7. The van der Waals surface area contributed by atoms with Crippen LogP contribution < -0.4 is 4.74 Å². The van der Waals surface area contributed by atoms with Crippen molar-refractivity contribution in [2.45, 2.75) is 6.42 Å². The zero-order valence-corrected chi connectivity index (χ0v) is 25.7. The van der Waals surface area contributed by atoms with Gasteiger partial charge in [0, 0.05) is 41.8 Å². The predicted molar refractivity (Wildman–Crippen MR) is 172 cm³/mol. The van der Waals surface area contributed by atoms with Gasteiger partial charge in [-0.1, -0.05) is 65.4 Å². The van der Waals surface area contributed by atoms with E-state index >= 15 is 0 Å². The summed E-state index contributed by atoms with van der Waals surface area (Å²) in [4.78, 5) is 28.9. The van der Waals surface area contributed by atoms with E-state index < -0.39 is 5.97 Å². The molecule has 2 saturated heterocycles. The summed E-state index contributed by atoms with van der Waals surface area (Å²) in [6.07, 6.45) is 2.36. The molecule has 42 heavy (non-hydrogen) atoms. The average Bonchev–Trinajstić information content (AvgIpc) is 3.24. The summed E-state index contributed by atoms with van der Waals surface area (Å²) in [6, 6.07) is 17.8. The number of carboxylic acids is 1. The highest BCUT2D eigenvalue weighted by molar-refractivity contribution is 8.26. The molecule has 1 amide bonds. The number of carboxylic acid groups (broad SMARTS) is 1. The Bertz CT molecular complexity index is 1500. The molecule has 0 atom stereocenters. The maximum absolute atomic E-state index is 13.4. The van der Waals surface area contributed by atoms with E-state index in [0.29, 0.717) is 44.6 Å². The van der Waals surface area contributed by atoms with Gasteiger partial charge in [-0.15, -0.1) is 0 Å². The van der Waals surface area contributed by atoms with Gasteiger partial charge in [-0.05, 0) is 71.7 Å². The molecule has 218 valence electrons. The zero-order chi connectivity index (χ0) is 29.6. The third kappa shape index (κ3) is 7.72. The van der Waals surface area contributed by atoms with Crippen molar-refractivity contribution in [1.82, 2.24) is 9.80 Å². The number of hydrogen-bond donors (Lipinski definition) is 1. The van der Waals surface area contributed by atoms with Gasteiger partial charge in [0.25, 0.3) is 5.91 Å². The second-order valence-corrected chi connectivity index (χ2v) is 12.3. The molecule has 0 aromatic heterocycles. The molecular formula is C31H28Cl2N2O5S2. The highest BCUT2D eigenvalue weighted by atomic mass is 35.5. The van der Waals surface area contributed by atoms with Crippen LogP contribution in [0.4, 0.5) is 0 Å². The van der Waals surface area contributed by atoms with E-state index in [1.54, 1.807) is 35.2 Å². The van der Waals surface area contributed by atoms with Crippen LogP contribution in [-0.4, -0.2) is 77.1 Å². The van der Waals surface area contributed by atoms with Crippen LogP contribution in [0.25, 0.3) is 17.2 Å². The van der Waals surface area contributed by atoms with Crippen molar-refractivity contribution in [3.8, 4) is 16.9 Å². The molecule has 3 aromatic carbocycles. The molecule has 7 nitrogen and oxygen atoms in total. The lowest BCUT2D eigenvalue weighted by Gasteiger charge is -2.26. The molecule has 2 aliphatic rings. The van der Waals surface area contributed by atoms with Crippen molar-refractivity contribution in [2.24, 2.45) is 0 Å². The van der Waals surface area contributed by atoms with Crippen LogP contribution in [0, 0.1) is 0 Å². The van der Waals surface area contributed by atoms with Gasteiger partial charge in [0.05, 0.1) is 23.7 Å². The fraction of sp³-hybridized carbons (Fsp3) is 0.258. The van der Waals surface area contributed by atoms with Gasteiger partial charge in [0.15, 0.2) is 0 Å². The summed E-state index contributed by atoms with van der Waals surface area (Å²) in [7, 11) is 0. The minimum atomic E-state index is -0.976. The third-order valence-corrected chi connectivity index (χ3v) is 8.77. The molecule has 0 radical (unpaired) electrons. The van der Waals surface area contributed by atoms with E-state index in [9.17, 15) is 9.59 Å². The highest BCUT2D eigenvalue weighted by Crippen LogP contribution is 2.36. The van der Waals surface area contributed by atoms with Gasteiger partial charge in [-0.3, -0.25) is 14.6 Å². The lowest BCUT2D eigenvalue weighted by Crippen LogP contribution is -2.38.